The SMILES string of the molecule is C\C=N/C(/C=C(\C)C(C)N1CCN(c2nc3c(s2)C(=O)N(C)CC3)CC1)=C(/C)NC. The van der Waals surface area contributed by atoms with Crippen molar-refractivity contribution in [3.05, 3.63) is 33.6 Å². The maximum absolute atomic E-state index is 12.4. The number of nitrogens with zero attached hydrogens (tertiary/aromatic N) is 5. The molecule has 1 N–H and O–H groups in total. The van der Waals surface area contributed by atoms with Crippen LogP contribution in [0.4, 0.5) is 5.13 Å². The molecule has 1 aromatic heterocycles. The summed E-state index contributed by atoms with van der Waals surface area (Å²) in [5, 5.41) is 4.19. The van der Waals surface area contributed by atoms with Crippen molar-refractivity contribution >= 4 is 28.6 Å². The molecular weight excluding hydrogens is 396 g/mol. The molecule has 1 fully saturated rings. The van der Waals surface area contributed by atoms with E-state index in [9.17, 15) is 4.79 Å². The second-order valence-electron chi connectivity index (χ2n) is 7.98. The third-order valence-corrected chi connectivity index (χ3v) is 7.24. The van der Waals surface area contributed by atoms with Crippen LogP contribution in [0.15, 0.2) is 28.0 Å². The molecule has 164 valence electrons. The molecule has 0 bridgehead atoms. The second kappa shape index (κ2) is 9.75. The lowest BCUT2D eigenvalue weighted by molar-refractivity contribution is 0.0785. The van der Waals surface area contributed by atoms with Crippen LogP contribution in [0.25, 0.3) is 0 Å². The molecule has 0 aromatic carbocycles. The highest BCUT2D eigenvalue weighted by atomic mass is 32.1. The molecule has 3 heterocycles. The number of likely N-dealkylation sites (N-methyl/N-ethyl adjacent to an activating group) is 1. The summed E-state index contributed by atoms with van der Waals surface area (Å²) in [5.41, 5.74) is 4.32. The highest BCUT2D eigenvalue weighted by molar-refractivity contribution is 7.17. The number of piperazine rings is 1. The second-order valence-corrected chi connectivity index (χ2v) is 8.96. The lowest BCUT2D eigenvalue weighted by atomic mass is 10.1. The van der Waals surface area contributed by atoms with Crippen LogP contribution in [-0.2, 0) is 6.42 Å². The zero-order valence-corrected chi connectivity index (χ0v) is 19.8. The fourth-order valence-electron chi connectivity index (χ4n) is 3.79. The molecule has 30 heavy (non-hydrogen) atoms. The van der Waals surface area contributed by atoms with E-state index in [1.54, 1.807) is 16.2 Å². The number of carbonyl (C=O) groups is 1. The van der Waals surface area contributed by atoms with E-state index in [0.717, 1.165) is 66.2 Å². The monoisotopic (exact) mass is 430 g/mol. The summed E-state index contributed by atoms with van der Waals surface area (Å²) < 4.78 is 0. The number of nitrogens with one attached hydrogen (secondary N) is 1. The zero-order chi connectivity index (χ0) is 21.8. The molecule has 2 aliphatic heterocycles. The minimum absolute atomic E-state index is 0.114. The summed E-state index contributed by atoms with van der Waals surface area (Å²) in [7, 11) is 3.79. The molecule has 0 saturated carbocycles. The number of amides is 1. The van der Waals surface area contributed by atoms with Crippen molar-refractivity contribution in [2.75, 3.05) is 51.7 Å². The van der Waals surface area contributed by atoms with E-state index >= 15 is 0 Å². The average molecular weight is 431 g/mol. The van der Waals surface area contributed by atoms with Gasteiger partial charge in [0, 0.05) is 71.2 Å². The van der Waals surface area contributed by atoms with Gasteiger partial charge in [-0.2, -0.15) is 0 Å². The standard InChI is InChI=1S/C22H34N6OS/c1-7-24-19(16(3)23-5)14-15(2)17(4)27-10-12-28(13-11-27)22-25-18-8-9-26(6)21(29)20(18)30-22/h7,14,17,23H,8-13H2,1-6H3/b15-14+,19-16-,24-7-. The molecule has 3 rings (SSSR count). The first-order valence-electron chi connectivity index (χ1n) is 10.6. The largest absolute Gasteiger partial charge is 0.390 e. The number of allylic oxidation sites excluding steroid dienone is 2. The topological polar surface area (TPSA) is 64.1 Å². The summed E-state index contributed by atoms with van der Waals surface area (Å²) in [6.45, 7) is 13.0. The normalized spacial score (nSPS) is 20.5. The van der Waals surface area contributed by atoms with Gasteiger partial charge in [-0.3, -0.25) is 14.7 Å². The van der Waals surface area contributed by atoms with E-state index in [0.29, 0.717) is 6.04 Å². The third kappa shape index (κ3) is 4.75. The van der Waals surface area contributed by atoms with Crippen LogP contribution >= 0.6 is 11.3 Å². The van der Waals surface area contributed by atoms with Gasteiger partial charge >= 0.3 is 0 Å². The lowest BCUT2D eigenvalue weighted by Gasteiger charge is -2.38. The number of fused-ring (bicyclic) bond motifs is 1. The van der Waals surface area contributed by atoms with Crippen molar-refractivity contribution in [2.24, 2.45) is 4.99 Å². The molecule has 1 atom stereocenters. The molecular formula is C22H34N6OS. The van der Waals surface area contributed by atoms with Crippen molar-refractivity contribution in [3.63, 3.8) is 0 Å². The number of rotatable bonds is 6. The van der Waals surface area contributed by atoms with Crippen LogP contribution < -0.4 is 10.2 Å². The van der Waals surface area contributed by atoms with Crippen molar-refractivity contribution < 1.29 is 4.79 Å². The van der Waals surface area contributed by atoms with Gasteiger partial charge in [0.05, 0.1) is 11.4 Å². The maximum Gasteiger partial charge on any atom is 0.265 e. The fourth-order valence-corrected chi connectivity index (χ4v) is 4.95. The van der Waals surface area contributed by atoms with Gasteiger partial charge in [-0.1, -0.05) is 16.9 Å². The van der Waals surface area contributed by atoms with Gasteiger partial charge in [-0.15, -0.1) is 0 Å². The molecule has 7 nitrogen and oxygen atoms in total. The van der Waals surface area contributed by atoms with Crippen molar-refractivity contribution in [1.29, 1.82) is 0 Å². The number of thiazole rings is 1. The highest BCUT2D eigenvalue weighted by Crippen LogP contribution is 2.31. The number of carbonyl (C=O) groups excluding carboxylic acids is 1. The van der Waals surface area contributed by atoms with Gasteiger partial charge in [-0.25, -0.2) is 4.98 Å². The Morgan fingerprint density at radius 1 is 1.23 bits per heavy atom. The van der Waals surface area contributed by atoms with E-state index in [2.05, 4.69) is 40.0 Å². The Hall–Kier alpha value is -2.19. The third-order valence-electron chi connectivity index (χ3n) is 6.09. The van der Waals surface area contributed by atoms with E-state index in [4.69, 9.17) is 4.98 Å². The molecule has 1 unspecified atom stereocenters. The fraction of sp³-hybridized carbons (Fsp3) is 0.591. The minimum Gasteiger partial charge on any atom is -0.390 e. The number of anilines is 1. The predicted octanol–water partition coefficient (Wildman–Crippen LogP) is 2.77. The van der Waals surface area contributed by atoms with Crippen LogP contribution in [-0.4, -0.2) is 79.8 Å². The number of hydrogen-bond acceptors (Lipinski definition) is 7. The molecule has 0 radical (unpaired) electrons. The summed E-state index contributed by atoms with van der Waals surface area (Å²) in [6.07, 6.45) is 4.87. The predicted molar refractivity (Wildman–Crippen MR) is 126 cm³/mol. The van der Waals surface area contributed by atoms with Crippen LogP contribution in [0.5, 0.6) is 0 Å². The average Bonchev–Trinajstić information content (AvgIpc) is 3.20. The van der Waals surface area contributed by atoms with Gasteiger partial charge in [0.2, 0.25) is 0 Å². The van der Waals surface area contributed by atoms with Gasteiger partial charge in [0.25, 0.3) is 5.91 Å². The van der Waals surface area contributed by atoms with E-state index in [1.165, 1.54) is 5.57 Å². The van der Waals surface area contributed by atoms with Crippen molar-refractivity contribution in [3.8, 4) is 0 Å². The molecule has 0 spiro atoms. The summed E-state index contributed by atoms with van der Waals surface area (Å²) >= 11 is 1.55. The van der Waals surface area contributed by atoms with Gasteiger partial charge in [-0.05, 0) is 33.8 Å². The molecule has 0 aliphatic carbocycles. The zero-order valence-electron chi connectivity index (χ0n) is 19.0. The van der Waals surface area contributed by atoms with Crippen molar-refractivity contribution in [1.82, 2.24) is 20.1 Å². The molecule has 8 heteroatoms. The smallest absolute Gasteiger partial charge is 0.265 e. The molecule has 1 saturated heterocycles. The van der Waals surface area contributed by atoms with Gasteiger partial charge in [0.1, 0.15) is 4.88 Å². The van der Waals surface area contributed by atoms with Crippen LogP contribution in [0.2, 0.25) is 0 Å². The minimum atomic E-state index is 0.114. The van der Waals surface area contributed by atoms with E-state index in [1.807, 2.05) is 34.2 Å². The first-order chi connectivity index (χ1) is 14.3. The number of hydrogen-bond donors (Lipinski definition) is 1. The summed E-state index contributed by atoms with van der Waals surface area (Å²) in [6, 6.07) is 0.346. The Balaban J connectivity index is 1.65. The highest BCUT2D eigenvalue weighted by Gasteiger charge is 2.29. The molecule has 1 aromatic rings. The Morgan fingerprint density at radius 2 is 1.93 bits per heavy atom. The Labute approximate surface area is 184 Å². The van der Waals surface area contributed by atoms with E-state index in [-0.39, 0.29) is 5.91 Å². The van der Waals surface area contributed by atoms with E-state index < -0.39 is 0 Å². The maximum atomic E-state index is 12.4. The Kier molecular flexibility index (Phi) is 7.31. The van der Waals surface area contributed by atoms with Gasteiger partial charge in [0.15, 0.2) is 5.13 Å². The van der Waals surface area contributed by atoms with Crippen LogP contribution in [0.1, 0.15) is 43.1 Å². The molecule has 2 aliphatic rings. The van der Waals surface area contributed by atoms with Crippen LogP contribution in [0.3, 0.4) is 0 Å². The first kappa shape index (κ1) is 22.5. The number of aliphatic imine (C=N–C) groups is 1. The number of aromatic nitrogens is 1. The molecule has 1 amide bonds. The summed E-state index contributed by atoms with van der Waals surface area (Å²) in [5.74, 6) is 0.114. The van der Waals surface area contributed by atoms with Crippen LogP contribution in [0, 0.1) is 0 Å². The van der Waals surface area contributed by atoms with Crippen molar-refractivity contribution in [2.45, 2.75) is 40.2 Å². The lowest BCUT2D eigenvalue weighted by Crippen LogP contribution is -2.50. The summed E-state index contributed by atoms with van der Waals surface area (Å²) in [4.78, 5) is 29.1. The van der Waals surface area contributed by atoms with Gasteiger partial charge < -0.3 is 15.1 Å². The Bertz CT molecular complexity index is 863. The quantitative estimate of drug-likeness (QED) is 0.555. The first-order valence-corrected chi connectivity index (χ1v) is 11.5. The Morgan fingerprint density at radius 3 is 2.57 bits per heavy atom.